The van der Waals surface area contributed by atoms with Gasteiger partial charge in [-0.25, -0.2) is 0 Å². The first-order chi connectivity index (χ1) is 29.1. The average Bonchev–Trinajstić information content (AvgIpc) is 3.17. The van der Waals surface area contributed by atoms with Gasteiger partial charge in [0.1, 0.15) is 17.8 Å². The molecule has 3 aliphatic rings. The predicted molar refractivity (Wildman–Crippen MR) is 233 cm³/mol. The van der Waals surface area contributed by atoms with Gasteiger partial charge in [-0.05, 0) is 101 Å². The van der Waals surface area contributed by atoms with E-state index < -0.39 is 107 Å². The second-order valence-electron chi connectivity index (χ2n) is 19.6. The fourth-order valence-electron chi connectivity index (χ4n) is 9.96. The monoisotopic (exact) mass is 904 g/mol. The molecule has 0 amide bonds. The van der Waals surface area contributed by atoms with Crippen molar-refractivity contribution in [1.29, 1.82) is 0 Å². The maximum atomic E-state index is 14.6. The first-order valence-electron chi connectivity index (χ1n) is 22.7. The van der Waals surface area contributed by atoms with Crippen LogP contribution in [0.2, 0.25) is 0 Å². The molecular weight excluding hydrogens is 823 g/mol. The van der Waals surface area contributed by atoms with Crippen molar-refractivity contribution in [1.82, 2.24) is 9.80 Å². The summed E-state index contributed by atoms with van der Waals surface area (Å²) in [6.45, 7) is 23.3. The van der Waals surface area contributed by atoms with Crippen molar-refractivity contribution in [2.45, 2.75) is 211 Å². The smallest absolute Gasteiger partial charge is 0.311 e. The van der Waals surface area contributed by atoms with E-state index in [4.69, 9.17) is 38.0 Å². The molecule has 366 valence electrons. The molecule has 3 heterocycles. The van der Waals surface area contributed by atoms with Gasteiger partial charge < -0.3 is 63.1 Å². The van der Waals surface area contributed by atoms with Gasteiger partial charge in [0.15, 0.2) is 24.8 Å². The van der Waals surface area contributed by atoms with E-state index in [-0.39, 0.29) is 50.3 Å². The summed E-state index contributed by atoms with van der Waals surface area (Å²) in [6, 6.07) is -1.13. The van der Waals surface area contributed by atoms with Crippen LogP contribution < -0.4 is 0 Å². The third-order valence-electron chi connectivity index (χ3n) is 13.6. The molecule has 0 saturated carbocycles. The van der Waals surface area contributed by atoms with Gasteiger partial charge in [0.05, 0.1) is 54.0 Å². The molecule has 18 heteroatoms. The van der Waals surface area contributed by atoms with Crippen molar-refractivity contribution >= 4 is 11.9 Å². The summed E-state index contributed by atoms with van der Waals surface area (Å²) in [6.07, 6.45) is -8.11. The molecule has 18 nitrogen and oxygen atoms in total. The van der Waals surface area contributed by atoms with Crippen LogP contribution in [-0.4, -0.2) is 167 Å². The number of rotatable bonds is 14. The Morgan fingerprint density at radius 2 is 1.65 bits per heavy atom. The average molecular weight is 904 g/mol. The first-order valence-corrected chi connectivity index (χ1v) is 22.7. The summed E-state index contributed by atoms with van der Waals surface area (Å²) in [5.41, 5.74) is -4.13. The highest BCUT2D eigenvalue weighted by Gasteiger charge is 2.54. The number of aliphatic hydroxyl groups excluding tert-OH is 1. The lowest BCUT2D eigenvalue weighted by Crippen LogP contribution is -2.61. The summed E-state index contributed by atoms with van der Waals surface area (Å²) in [7, 11) is 6.98. The summed E-state index contributed by atoms with van der Waals surface area (Å²) < 4.78 is 44.6. The van der Waals surface area contributed by atoms with Crippen molar-refractivity contribution in [3.63, 3.8) is 0 Å². The molecule has 0 aromatic carbocycles. The highest BCUT2D eigenvalue weighted by Crippen LogP contribution is 2.41. The van der Waals surface area contributed by atoms with Crippen molar-refractivity contribution in [2.75, 3.05) is 34.8 Å². The molecule has 3 N–H and O–H groups in total. The zero-order valence-electron chi connectivity index (χ0n) is 40.6. The van der Waals surface area contributed by atoms with E-state index in [1.807, 2.05) is 39.8 Å². The SMILES string of the molecule is C=C(CCC)CC(=O)O[C@H]1[C@H](O[C@@H]2[C@@H](C)[C@H](O[C@H]3C[C@@](C)(OC)[C@@H](O)[C@H](C)O3)[C@@H](C)C(=O)O[C@H](CC)[C@@](C)(O)[C@H](O[N+](=O)[O-])[C@@H](C)N(C)C[C@H](C)C[C@@]2(C)O)O[C@H](C)C[C@@H]1N(C)C. The van der Waals surface area contributed by atoms with Gasteiger partial charge in [-0.1, -0.05) is 46.3 Å². The quantitative estimate of drug-likeness (QED) is 0.0952. The molecule has 0 aromatic heterocycles. The zero-order valence-corrected chi connectivity index (χ0v) is 40.6. The number of carbonyl (C=O) groups is 2. The number of ether oxygens (including phenoxy) is 7. The molecule has 3 saturated heterocycles. The lowest BCUT2D eigenvalue weighted by Gasteiger charge is -2.49. The Morgan fingerprint density at radius 1 is 1.02 bits per heavy atom. The molecule has 0 aromatic rings. The van der Waals surface area contributed by atoms with Crippen molar-refractivity contribution in [2.24, 2.45) is 17.8 Å². The van der Waals surface area contributed by atoms with E-state index in [1.165, 1.54) is 14.0 Å². The Labute approximate surface area is 375 Å². The molecule has 18 atom stereocenters. The largest absolute Gasteiger partial charge is 0.459 e. The maximum absolute atomic E-state index is 14.6. The van der Waals surface area contributed by atoms with Crippen LogP contribution in [-0.2, 0) is 47.6 Å². The van der Waals surface area contributed by atoms with E-state index >= 15 is 0 Å². The molecule has 3 rings (SSSR count). The van der Waals surface area contributed by atoms with Crippen LogP contribution >= 0.6 is 0 Å². The number of hydrogen-bond acceptors (Lipinski definition) is 17. The normalized spacial score (nSPS) is 42.7. The van der Waals surface area contributed by atoms with Crippen LogP contribution in [0.3, 0.4) is 0 Å². The van der Waals surface area contributed by atoms with E-state index in [1.54, 1.807) is 60.4 Å². The fourth-order valence-corrected chi connectivity index (χ4v) is 9.96. The van der Waals surface area contributed by atoms with E-state index in [0.717, 1.165) is 12.0 Å². The van der Waals surface area contributed by atoms with Gasteiger partial charge >= 0.3 is 11.9 Å². The molecule has 3 aliphatic heterocycles. The minimum Gasteiger partial charge on any atom is -0.459 e. The standard InChI is InChI=1S/C45H81N3O15/c1-17-19-25(3)20-34(49)60-37-32(46(13)14)21-27(5)57-42(37)62-39-28(6)36(61-35-23-44(11,56-16)38(50)31(9)58-35)29(7)41(51)59-33(18-2)45(12,53)40(63-48(54)55)30(8)47(15)24-26(4)22-43(39,10)52/h26-33,35-40,42,50,52-53H,3,17-24H2,1-2,4-16H3/t26-,27-,28+,29-,30-,31+,32+,33-,35+,36+,37-,38+,39-,40-,42+,43-,44-,45-/m1/s1. The van der Waals surface area contributed by atoms with Crippen LogP contribution in [0.15, 0.2) is 12.2 Å². The summed E-state index contributed by atoms with van der Waals surface area (Å²) in [5, 5.41) is 47.0. The Bertz CT molecular complexity index is 1520. The molecular formula is C45H81N3O15. The summed E-state index contributed by atoms with van der Waals surface area (Å²) in [5.74, 6) is -3.63. The summed E-state index contributed by atoms with van der Waals surface area (Å²) in [4.78, 5) is 48.9. The third-order valence-corrected chi connectivity index (χ3v) is 13.6. The number of nitrogens with zero attached hydrogens (tertiary/aromatic N) is 3. The number of methoxy groups -OCH3 is 1. The lowest BCUT2D eigenvalue weighted by molar-refractivity contribution is -0.774. The first kappa shape index (κ1) is 54.8. The Balaban J connectivity index is 2.27. The van der Waals surface area contributed by atoms with Crippen LogP contribution in [0, 0.1) is 27.9 Å². The second kappa shape index (κ2) is 22.8. The van der Waals surface area contributed by atoms with Gasteiger partial charge in [0.25, 0.3) is 5.09 Å². The van der Waals surface area contributed by atoms with Gasteiger partial charge in [0.2, 0.25) is 0 Å². The molecule has 0 bridgehead atoms. The van der Waals surface area contributed by atoms with Crippen molar-refractivity contribution in [3.05, 3.63) is 22.3 Å². The second-order valence-corrected chi connectivity index (χ2v) is 19.6. The van der Waals surface area contributed by atoms with Crippen molar-refractivity contribution in [3.8, 4) is 0 Å². The van der Waals surface area contributed by atoms with E-state index in [2.05, 4.69) is 6.58 Å². The van der Waals surface area contributed by atoms with E-state index in [9.17, 15) is 35.0 Å². The number of likely N-dealkylation sites (N-methyl/N-ethyl adjacent to an activating group) is 2. The molecule has 0 unspecified atom stereocenters. The molecule has 63 heavy (non-hydrogen) atoms. The lowest BCUT2D eigenvalue weighted by atomic mass is 9.77. The van der Waals surface area contributed by atoms with Gasteiger partial charge in [-0.15, -0.1) is 10.1 Å². The van der Waals surface area contributed by atoms with Crippen molar-refractivity contribution < 1.29 is 68.0 Å². The molecule has 0 spiro atoms. The van der Waals surface area contributed by atoms with E-state index in [0.29, 0.717) is 12.8 Å². The Morgan fingerprint density at radius 3 is 2.21 bits per heavy atom. The Hall–Kier alpha value is -2.52. The highest BCUT2D eigenvalue weighted by atomic mass is 17.0. The summed E-state index contributed by atoms with van der Waals surface area (Å²) >= 11 is 0. The van der Waals surface area contributed by atoms with Crippen LogP contribution in [0.25, 0.3) is 0 Å². The van der Waals surface area contributed by atoms with Gasteiger partial charge in [0, 0.05) is 32.0 Å². The predicted octanol–water partition coefficient (Wildman–Crippen LogP) is 4.41. The fraction of sp³-hybridized carbons (Fsp3) is 0.911. The van der Waals surface area contributed by atoms with Crippen LogP contribution in [0.1, 0.15) is 121 Å². The number of hydrogen-bond donors (Lipinski definition) is 3. The molecule has 0 aliphatic carbocycles. The Kier molecular flexibility index (Phi) is 19.8. The van der Waals surface area contributed by atoms with Crippen LogP contribution in [0.4, 0.5) is 0 Å². The number of carbonyl (C=O) groups excluding carboxylic acids is 2. The van der Waals surface area contributed by atoms with Gasteiger partial charge in [-0.3, -0.25) is 9.59 Å². The number of esters is 2. The zero-order chi connectivity index (χ0) is 47.9. The number of cyclic esters (lactones) is 1. The minimum atomic E-state index is -2.06. The minimum absolute atomic E-state index is 0.0113. The number of aliphatic hydroxyl groups is 3. The maximum Gasteiger partial charge on any atom is 0.311 e. The highest BCUT2D eigenvalue weighted by molar-refractivity contribution is 5.73. The topological polar surface area (TPSA) is 218 Å². The van der Waals surface area contributed by atoms with Gasteiger partial charge in [-0.2, -0.15) is 0 Å². The third kappa shape index (κ3) is 13.8. The molecule has 3 fully saturated rings. The van der Waals surface area contributed by atoms with Crippen LogP contribution in [0.5, 0.6) is 0 Å². The molecule has 0 radical (unpaired) electrons.